The van der Waals surface area contributed by atoms with Crippen molar-refractivity contribution in [1.82, 2.24) is 9.55 Å². The molecule has 0 aliphatic carbocycles. The highest BCUT2D eigenvalue weighted by molar-refractivity contribution is 6.54. The number of nitrogens with zero attached hydrogens (tertiary/aromatic N) is 2. The van der Waals surface area contributed by atoms with Crippen molar-refractivity contribution in [2.24, 2.45) is 0 Å². The maximum absolute atomic E-state index is 13.2. The third kappa shape index (κ3) is 6.56. The molecule has 0 spiro atoms. The fourth-order valence-electron chi connectivity index (χ4n) is 3.48. The van der Waals surface area contributed by atoms with Crippen LogP contribution in [0.3, 0.4) is 0 Å². The van der Waals surface area contributed by atoms with Crippen LogP contribution < -0.4 is 10.1 Å². The van der Waals surface area contributed by atoms with Gasteiger partial charge in [-0.15, -0.1) is 0 Å². The Balaban J connectivity index is 1.62. The number of aromatic nitrogens is 2. The lowest BCUT2D eigenvalue weighted by molar-refractivity contribution is -0.143. The second-order valence-electron chi connectivity index (χ2n) is 8.10. The Morgan fingerprint density at radius 3 is 1.78 bits per heavy atom. The summed E-state index contributed by atoms with van der Waals surface area (Å²) in [5, 5.41) is 1.14. The minimum atomic E-state index is -5.06. The molecule has 0 saturated heterocycles. The van der Waals surface area contributed by atoms with Gasteiger partial charge in [-0.3, -0.25) is 14.2 Å². The van der Waals surface area contributed by atoms with Gasteiger partial charge in [-0.1, -0.05) is 46.4 Å². The van der Waals surface area contributed by atoms with Gasteiger partial charge in [0.1, 0.15) is 17.8 Å². The van der Waals surface area contributed by atoms with E-state index in [9.17, 15) is 35.9 Å². The van der Waals surface area contributed by atoms with Gasteiger partial charge < -0.3 is 10.1 Å². The summed E-state index contributed by atoms with van der Waals surface area (Å²) in [7, 11) is 0. The van der Waals surface area contributed by atoms with Gasteiger partial charge in [-0.2, -0.15) is 26.3 Å². The molecule has 0 saturated carbocycles. The Morgan fingerprint density at radius 1 is 0.756 bits per heavy atom. The lowest BCUT2D eigenvalue weighted by Gasteiger charge is -2.16. The molecular weight excluding hydrogens is 646 g/mol. The normalized spacial score (nSPS) is 11.9. The fraction of sp³-hybridized carbons (Fsp3) is 0.0800. The van der Waals surface area contributed by atoms with Crippen molar-refractivity contribution >= 4 is 63.9 Å². The summed E-state index contributed by atoms with van der Waals surface area (Å²) in [5.41, 5.74) is -3.84. The number of halogens is 10. The highest BCUT2D eigenvalue weighted by atomic mass is 35.5. The fourth-order valence-corrected chi connectivity index (χ4v) is 4.49. The summed E-state index contributed by atoms with van der Waals surface area (Å²) < 4.78 is 85.0. The minimum Gasteiger partial charge on any atom is -0.457 e. The molecule has 6 nitrogen and oxygen atoms in total. The predicted molar refractivity (Wildman–Crippen MR) is 139 cm³/mol. The average Bonchev–Trinajstić information content (AvgIpc) is 3.44. The molecule has 4 rings (SSSR count). The van der Waals surface area contributed by atoms with E-state index in [1.54, 1.807) is 0 Å². The number of benzene rings is 3. The van der Waals surface area contributed by atoms with Crippen molar-refractivity contribution in [2.75, 3.05) is 5.32 Å². The van der Waals surface area contributed by atoms with Crippen LogP contribution in [0, 0.1) is 0 Å². The first-order chi connectivity index (χ1) is 19.1. The number of ether oxygens (including phenoxy) is 1. The quantitative estimate of drug-likeness (QED) is 0.132. The van der Waals surface area contributed by atoms with Gasteiger partial charge in [-0.25, -0.2) is 4.98 Å². The van der Waals surface area contributed by atoms with Gasteiger partial charge in [0.05, 0.1) is 42.3 Å². The number of carbonyl (C=O) groups excluding carboxylic acids is 2. The number of carbonyl (C=O) groups is 2. The van der Waals surface area contributed by atoms with E-state index >= 15 is 0 Å². The van der Waals surface area contributed by atoms with E-state index in [1.165, 1.54) is 36.7 Å². The molecule has 41 heavy (non-hydrogen) atoms. The van der Waals surface area contributed by atoms with Gasteiger partial charge in [-0.05, 0) is 42.5 Å². The number of anilines is 1. The molecule has 1 aromatic heterocycles. The van der Waals surface area contributed by atoms with E-state index in [-0.39, 0.29) is 43.2 Å². The Kier molecular flexibility index (Phi) is 8.51. The average molecular weight is 657 g/mol. The summed E-state index contributed by atoms with van der Waals surface area (Å²) >= 11 is 24.7. The maximum atomic E-state index is 13.2. The van der Waals surface area contributed by atoms with Crippen LogP contribution in [0.4, 0.5) is 32.0 Å². The van der Waals surface area contributed by atoms with E-state index < -0.39 is 46.6 Å². The first-order valence-corrected chi connectivity index (χ1v) is 12.4. The molecular formula is C25H11Cl4F6N3O3. The Hall–Kier alpha value is -3.45. The van der Waals surface area contributed by atoms with Crippen LogP contribution in [0.1, 0.15) is 31.8 Å². The highest BCUT2D eigenvalue weighted by Crippen LogP contribution is 2.43. The number of hydrogen-bond donors (Lipinski definition) is 1. The molecule has 4 aromatic rings. The zero-order valence-electron chi connectivity index (χ0n) is 19.7. The minimum absolute atomic E-state index is 0.0300. The van der Waals surface area contributed by atoms with Crippen LogP contribution in [-0.4, -0.2) is 21.4 Å². The second kappa shape index (κ2) is 11.4. The first-order valence-electron chi connectivity index (χ1n) is 10.8. The molecule has 3 aromatic carbocycles. The van der Waals surface area contributed by atoms with Gasteiger partial charge >= 0.3 is 12.4 Å². The van der Waals surface area contributed by atoms with Crippen molar-refractivity contribution in [2.45, 2.75) is 12.4 Å². The lowest BCUT2D eigenvalue weighted by Crippen LogP contribution is -2.21. The summed E-state index contributed by atoms with van der Waals surface area (Å²) in [6, 6.07) is 5.61. The van der Waals surface area contributed by atoms with Crippen LogP contribution in [0.15, 0.2) is 61.2 Å². The Labute approximate surface area is 246 Å². The maximum Gasteiger partial charge on any atom is 0.416 e. The molecule has 0 bridgehead atoms. The summed E-state index contributed by atoms with van der Waals surface area (Å²) in [6.07, 6.45) is -6.37. The third-order valence-electron chi connectivity index (χ3n) is 5.36. The smallest absolute Gasteiger partial charge is 0.416 e. The zero-order chi connectivity index (χ0) is 30.3. The van der Waals surface area contributed by atoms with Crippen LogP contribution in [-0.2, 0) is 12.4 Å². The van der Waals surface area contributed by atoms with Gasteiger partial charge in [0.15, 0.2) is 0 Å². The van der Waals surface area contributed by atoms with Gasteiger partial charge in [0.2, 0.25) is 0 Å². The van der Waals surface area contributed by atoms with E-state index in [0.29, 0.717) is 12.1 Å². The monoisotopic (exact) mass is 655 g/mol. The molecule has 16 heteroatoms. The standard InChI is InChI=1S/C25H11Cl4F6N3O3/c26-18-16(17(19(27)21(29)20(18)28)23(40)38-6-5-36-10-38)22(39)37-13-1-3-14(4-2-13)41-15-8-11(24(30,31)32)7-12(9-15)25(33,34)35/h1-10H,(H,37,39). The molecule has 0 unspecified atom stereocenters. The Morgan fingerprint density at radius 2 is 1.29 bits per heavy atom. The number of alkyl halides is 6. The number of nitrogens with one attached hydrogen (secondary N) is 1. The summed E-state index contributed by atoms with van der Waals surface area (Å²) in [5.74, 6) is -2.62. The number of amides is 1. The highest BCUT2D eigenvalue weighted by Gasteiger charge is 2.37. The Bertz CT molecular complexity index is 1610. The molecule has 0 aliphatic heterocycles. The van der Waals surface area contributed by atoms with Crippen molar-refractivity contribution in [3.8, 4) is 11.5 Å². The van der Waals surface area contributed by atoms with Crippen LogP contribution in [0.25, 0.3) is 0 Å². The van der Waals surface area contributed by atoms with Crippen molar-refractivity contribution in [3.05, 3.63) is 104 Å². The van der Waals surface area contributed by atoms with E-state index in [2.05, 4.69) is 10.3 Å². The molecule has 0 fully saturated rings. The summed E-state index contributed by atoms with van der Waals surface area (Å²) in [6.45, 7) is 0. The molecule has 0 atom stereocenters. The molecule has 0 radical (unpaired) electrons. The second-order valence-corrected chi connectivity index (χ2v) is 9.62. The molecule has 1 heterocycles. The van der Waals surface area contributed by atoms with E-state index in [4.69, 9.17) is 51.1 Å². The van der Waals surface area contributed by atoms with Gasteiger partial charge in [0.25, 0.3) is 11.8 Å². The molecule has 0 aliphatic rings. The largest absolute Gasteiger partial charge is 0.457 e. The van der Waals surface area contributed by atoms with Crippen LogP contribution in [0.5, 0.6) is 11.5 Å². The lowest BCUT2D eigenvalue weighted by atomic mass is 10.0. The van der Waals surface area contributed by atoms with Crippen LogP contribution in [0.2, 0.25) is 20.1 Å². The zero-order valence-corrected chi connectivity index (χ0v) is 22.7. The molecule has 1 amide bonds. The summed E-state index contributed by atoms with van der Waals surface area (Å²) in [4.78, 5) is 30.0. The van der Waals surface area contributed by atoms with E-state index in [1.807, 2.05) is 0 Å². The SMILES string of the molecule is O=C(Nc1ccc(Oc2cc(C(F)(F)F)cc(C(F)(F)F)c2)cc1)c1c(Cl)c(Cl)c(Cl)c(Cl)c1C(=O)n1ccnc1. The third-order valence-corrected chi connectivity index (χ3v) is 7.16. The number of imidazole rings is 1. The van der Waals surface area contributed by atoms with Crippen LogP contribution >= 0.6 is 46.4 Å². The molecule has 1 N–H and O–H groups in total. The van der Waals surface area contributed by atoms with Crippen molar-refractivity contribution < 1.29 is 40.7 Å². The van der Waals surface area contributed by atoms with Gasteiger partial charge in [0, 0.05) is 18.1 Å². The topological polar surface area (TPSA) is 73.2 Å². The van der Waals surface area contributed by atoms with E-state index in [0.717, 1.165) is 10.9 Å². The predicted octanol–water partition coefficient (Wildman–Crippen LogP) is 9.27. The van der Waals surface area contributed by atoms with Crippen molar-refractivity contribution in [1.29, 1.82) is 0 Å². The number of rotatable bonds is 5. The first kappa shape index (κ1) is 30.5. The number of hydrogen-bond acceptors (Lipinski definition) is 4. The molecule has 214 valence electrons. The van der Waals surface area contributed by atoms with Crippen molar-refractivity contribution in [3.63, 3.8) is 0 Å².